The second-order valence-corrected chi connectivity index (χ2v) is 9.27. The van der Waals surface area contributed by atoms with Crippen molar-refractivity contribution in [3.05, 3.63) is 76.8 Å². The van der Waals surface area contributed by atoms with Gasteiger partial charge in [0.2, 0.25) is 5.91 Å². The Morgan fingerprint density at radius 2 is 1.81 bits per heavy atom. The van der Waals surface area contributed by atoms with Crippen LogP contribution in [0.2, 0.25) is 0 Å². The minimum absolute atomic E-state index is 0.0909. The minimum Gasteiger partial charge on any atom is -0.345 e. The van der Waals surface area contributed by atoms with Crippen LogP contribution in [0.5, 0.6) is 0 Å². The third-order valence-electron chi connectivity index (χ3n) is 5.74. The number of carbonyl (C=O) groups is 2. The Morgan fingerprint density at radius 1 is 1.09 bits per heavy atom. The van der Waals surface area contributed by atoms with E-state index >= 15 is 0 Å². The number of hydrogen-bond donors (Lipinski definition) is 2. The van der Waals surface area contributed by atoms with Crippen molar-refractivity contribution in [2.75, 3.05) is 5.32 Å². The molecule has 1 aliphatic carbocycles. The first kappa shape index (κ1) is 20.5. The highest BCUT2D eigenvalue weighted by molar-refractivity contribution is 7.20. The fourth-order valence-electron chi connectivity index (χ4n) is 3.70. The maximum Gasteiger partial charge on any atom is 0.261 e. The van der Waals surface area contributed by atoms with Gasteiger partial charge < -0.3 is 10.6 Å². The highest BCUT2D eigenvalue weighted by Crippen LogP contribution is 2.31. The Hall–Kier alpha value is -3.45. The molecule has 0 spiro atoms. The first-order valence-corrected chi connectivity index (χ1v) is 11.6. The van der Waals surface area contributed by atoms with E-state index in [1.807, 2.05) is 79.2 Å². The zero-order valence-corrected chi connectivity index (χ0v) is 18.8. The number of aryl methyl sites for hydroxylation is 1. The molecule has 5 rings (SSSR count). The fraction of sp³-hybridized carbons (Fsp3) is 0.240. The Kier molecular flexibility index (Phi) is 5.27. The molecule has 162 valence electrons. The van der Waals surface area contributed by atoms with Crippen LogP contribution >= 0.6 is 11.3 Å². The van der Waals surface area contributed by atoms with E-state index in [1.165, 1.54) is 11.3 Å². The Balaban J connectivity index is 1.30. The van der Waals surface area contributed by atoms with Crippen molar-refractivity contribution in [2.45, 2.75) is 32.7 Å². The number of para-hydroxylation sites is 1. The summed E-state index contributed by atoms with van der Waals surface area (Å²) in [7, 11) is 0. The van der Waals surface area contributed by atoms with Crippen molar-refractivity contribution in [1.82, 2.24) is 15.1 Å². The summed E-state index contributed by atoms with van der Waals surface area (Å²) >= 11 is 1.44. The summed E-state index contributed by atoms with van der Waals surface area (Å²) in [4.78, 5) is 26.5. The zero-order valence-electron chi connectivity index (χ0n) is 18.0. The number of nitrogens with zero attached hydrogens (tertiary/aromatic N) is 2. The van der Waals surface area contributed by atoms with Gasteiger partial charge in [-0.15, -0.1) is 11.3 Å². The molecule has 2 N–H and O–H groups in total. The normalized spacial score (nSPS) is 14.3. The SMILES string of the molecule is Cc1nn(-c2ccccc2)c2sc(C(=O)NC(C)c3ccc(NC(=O)C4CC4)cc3)cc12. The average molecular weight is 445 g/mol. The van der Waals surface area contributed by atoms with E-state index < -0.39 is 0 Å². The molecular weight excluding hydrogens is 420 g/mol. The number of amides is 2. The summed E-state index contributed by atoms with van der Waals surface area (Å²) in [5.41, 5.74) is 3.64. The second-order valence-electron chi connectivity index (χ2n) is 8.24. The lowest BCUT2D eigenvalue weighted by Crippen LogP contribution is -2.25. The highest BCUT2D eigenvalue weighted by Gasteiger charge is 2.29. The molecule has 32 heavy (non-hydrogen) atoms. The van der Waals surface area contributed by atoms with Gasteiger partial charge >= 0.3 is 0 Å². The van der Waals surface area contributed by atoms with Crippen LogP contribution in [0.4, 0.5) is 5.69 Å². The number of nitrogens with one attached hydrogen (secondary N) is 2. The van der Waals surface area contributed by atoms with Crippen LogP contribution in [0.1, 0.15) is 46.7 Å². The van der Waals surface area contributed by atoms with Gasteiger partial charge in [0.05, 0.1) is 22.3 Å². The second kappa shape index (κ2) is 8.24. The number of fused-ring (bicyclic) bond motifs is 1. The van der Waals surface area contributed by atoms with Crippen LogP contribution in [-0.2, 0) is 4.79 Å². The summed E-state index contributed by atoms with van der Waals surface area (Å²) in [6.45, 7) is 3.92. The molecule has 1 atom stereocenters. The van der Waals surface area contributed by atoms with E-state index in [9.17, 15) is 9.59 Å². The van der Waals surface area contributed by atoms with E-state index in [2.05, 4.69) is 15.7 Å². The van der Waals surface area contributed by atoms with Gasteiger partial charge in [0.1, 0.15) is 4.83 Å². The standard InChI is InChI=1S/C25H24N4O2S/c1-15(17-10-12-19(13-11-17)27-23(30)18-8-9-18)26-24(31)22-14-21-16(2)28-29(25(21)32-22)20-6-4-3-5-7-20/h3-7,10-15,18H,8-9H2,1-2H3,(H,26,31)(H,27,30). The Bertz CT molecular complexity index is 1290. The number of hydrogen-bond acceptors (Lipinski definition) is 4. The maximum atomic E-state index is 13.0. The Labute approximate surface area is 190 Å². The van der Waals surface area contributed by atoms with Crippen molar-refractivity contribution in [1.29, 1.82) is 0 Å². The zero-order chi connectivity index (χ0) is 22.2. The van der Waals surface area contributed by atoms with Crippen LogP contribution in [0.25, 0.3) is 15.9 Å². The van der Waals surface area contributed by atoms with Gasteiger partial charge in [0.15, 0.2) is 0 Å². The largest absolute Gasteiger partial charge is 0.345 e. The molecule has 4 aromatic rings. The smallest absolute Gasteiger partial charge is 0.261 e. The lowest BCUT2D eigenvalue weighted by molar-refractivity contribution is -0.117. The summed E-state index contributed by atoms with van der Waals surface area (Å²) < 4.78 is 1.89. The van der Waals surface area contributed by atoms with Crippen molar-refractivity contribution in [3.8, 4) is 5.69 Å². The molecule has 2 aromatic carbocycles. The molecule has 1 fully saturated rings. The van der Waals surface area contributed by atoms with Gasteiger partial charge in [-0.3, -0.25) is 9.59 Å². The molecule has 0 saturated heterocycles. The van der Waals surface area contributed by atoms with Crippen molar-refractivity contribution < 1.29 is 9.59 Å². The molecule has 0 bridgehead atoms. The van der Waals surface area contributed by atoms with Gasteiger partial charge in [-0.2, -0.15) is 5.10 Å². The third kappa shape index (κ3) is 4.03. The summed E-state index contributed by atoms with van der Waals surface area (Å²) in [6, 6.07) is 19.3. The lowest BCUT2D eigenvalue weighted by Gasteiger charge is -2.14. The number of carbonyl (C=O) groups excluding carboxylic acids is 2. The van der Waals surface area contributed by atoms with Gasteiger partial charge in [-0.1, -0.05) is 30.3 Å². The van der Waals surface area contributed by atoms with Crippen molar-refractivity contribution in [3.63, 3.8) is 0 Å². The molecule has 1 aliphatic rings. The van der Waals surface area contributed by atoms with Gasteiger partial charge in [0, 0.05) is 17.0 Å². The quantitative estimate of drug-likeness (QED) is 0.427. The molecule has 1 unspecified atom stereocenters. The number of thiophene rings is 1. The minimum atomic E-state index is -0.160. The van der Waals surface area contributed by atoms with Crippen LogP contribution < -0.4 is 10.6 Å². The van der Waals surface area contributed by atoms with E-state index in [-0.39, 0.29) is 23.8 Å². The van der Waals surface area contributed by atoms with E-state index in [0.717, 1.165) is 45.7 Å². The predicted octanol–water partition coefficient (Wildman–Crippen LogP) is 5.23. The van der Waals surface area contributed by atoms with Gasteiger partial charge in [-0.05, 0) is 62.6 Å². The molecular formula is C25H24N4O2S. The van der Waals surface area contributed by atoms with Crippen LogP contribution in [-0.4, -0.2) is 21.6 Å². The topological polar surface area (TPSA) is 76.0 Å². The van der Waals surface area contributed by atoms with Gasteiger partial charge in [0.25, 0.3) is 5.91 Å². The van der Waals surface area contributed by atoms with Crippen molar-refractivity contribution in [2.24, 2.45) is 5.92 Å². The van der Waals surface area contributed by atoms with E-state index in [1.54, 1.807) is 0 Å². The molecule has 6 nitrogen and oxygen atoms in total. The predicted molar refractivity (Wildman–Crippen MR) is 127 cm³/mol. The van der Waals surface area contributed by atoms with Crippen LogP contribution in [0, 0.1) is 12.8 Å². The number of aromatic nitrogens is 2. The molecule has 1 saturated carbocycles. The molecule has 0 radical (unpaired) electrons. The third-order valence-corrected chi connectivity index (χ3v) is 6.85. The van der Waals surface area contributed by atoms with Gasteiger partial charge in [-0.25, -0.2) is 4.68 Å². The van der Waals surface area contributed by atoms with E-state index in [4.69, 9.17) is 0 Å². The molecule has 7 heteroatoms. The first-order valence-electron chi connectivity index (χ1n) is 10.8. The molecule has 2 heterocycles. The highest BCUT2D eigenvalue weighted by atomic mass is 32.1. The lowest BCUT2D eigenvalue weighted by atomic mass is 10.1. The first-order chi connectivity index (χ1) is 15.5. The monoisotopic (exact) mass is 444 g/mol. The summed E-state index contributed by atoms with van der Waals surface area (Å²) in [6.07, 6.45) is 1.96. The Morgan fingerprint density at radius 3 is 2.50 bits per heavy atom. The summed E-state index contributed by atoms with van der Waals surface area (Å²) in [5.74, 6) is 0.156. The maximum absolute atomic E-state index is 13.0. The number of rotatable bonds is 6. The molecule has 2 aromatic heterocycles. The summed E-state index contributed by atoms with van der Waals surface area (Å²) in [5, 5.41) is 11.7. The van der Waals surface area contributed by atoms with E-state index in [0.29, 0.717) is 4.88 Å². The number of benzene rings is 2. The molecule has 0 aliphatic heterocycles. The van der Waals surface area contributed by atoms with Crippen LogP contribution in [0.3, 0.4) is 0 Å². The van der Waals surface area contributed by atoms with Crippen LogP contribution in [0.15, 0.2) is 60.7 Å². The van der Waals surface area contributed by atoms with Crippen molar-refractivity contribution >= 4 is 39.1 Å². The fourth-order valence-corrected chi connectivity index (χ4v) is 4.79. The number of anilines is 1. The molecule has 2 amide bonds. The average Bonchev–Trinajstić information content (AvgIpc) is 3.49.